The van der Waals surface area contributed by atoms with Crippen LogP contribution >= 0.6 is 27.7 Å². The number of carbonyl (C=O) groups is 1. The number of halogens is 1. The molecule has 2 heterocycles. The third kappa shape index (κ3) is 4.93. The van der Waals surface area contributed by atoms with Gasteiger partial charge in [-0.1, -0.05) is 27.7 Å². The first-order valence-corrected chi connectivity index (χ1v) is 9.32. The van der Waals surface area contributed by atoms with Crippen LogP contribution in [-0.4, -0.2) is 56.3 Å². The summed E-state index contributed by atoms with van der Waals surface area (Å²) in [5, 5.41) is 4.79. The molecule has 0 saturated carbocycles. The van der Waals surface area contributed by atoms with Gasteiger partial charge in [0.2, 0.25) is 11.1 Å². The van der Waals surface area contributed by atoms with Gasteiger partial charge in [-0.2, -0.15) is 4.98 Å². The van der Waals surface area contributed by atoms with E-state index in [9.17, 15) is 4.79 Å². The fraction of sp³-hybridized carbons (Fsp3) is 0.250. The maximum absolute atomic E-state index is 12.2. The Morgan fingerprint density at radius 3 is 2.92 bits per heavy atom. The van der Waals surface area contributed by atoms with Crippen LogP contribution in [0.1, 0.15) is 0 Å². The molecule has 7 nitrogen and oxygen atoms in total. The number of amides is 1. The van der Waals surface area contributed by atoms with E-state index >= 15 is 0 Å². The van der Waals surface area contributed by atoms with Gasteiger partial charge in [0, 0.05) is 23.9 Å². The Morgan fingerprint density at radius 1 is 1.36 bits per heavy atom. The largest absolute Gasteiger partial charge is 0.492 e. The number of fused-ring (bicyclic) bond motifs is 1. The third-order valence-corrected chi connectivity index (χ3v) is 4.71. The lowest BCUT2D eigenvalue weighted by atomic mass is 10.3. The summed E-state index contributed by atoms with van der Waals surface area (Å²) in [6.45, 7) is 0.945. The molecule has 0 bridgehead atoms. The molecular formula is C16H16BrN5O2S. The standard InChI is InChI=1S/C16H16BrN5O2S/c1-21(9-10-24-13-5-3-12(17)4-6-13)14(23)11-25-16-19-15-18-7-2-8-22(15)20-16/h2-8H,9-11H2,1H3. The molecule has 130 valence electrons. The Labute approximate surface area is 157 Å². The minimum atomic E-state index is -0.00350. The monoisotopic (exact) mass is 421 g/mol. The third-order valence-electron chi connectivity index (χ3n) is 3.36. The molecule has 3 aromatic rings. The molecule has 0 spiro atoms. The van der Waals surface area contributed by atoms with Gasteiger partial charge in [-0.05, 0) is 30.3 Å². The first kappa shape index (κ1) is 17.7. The molecule has 3 rings (SSSR count). The van der Waals surface area contributed by atoms with Crippen LogP contribution in [0.2, 0.25) is 0 Å². The van der Waals surface area contributed by atoms with E-state index in [-0.39, 0.29) is 11.7 Å². The highest BCUT2D eigenvalue weighted by molar-refractivity contribution is 9.10. The van der Waals surface area contributed by atoms with Crippen LogP contribution in [0.5, 0.6) is 5.75 Å². The average Bonchev–Trinajstić information content (AvgIpc) is 3.04. The molecular weight excluding hydrogens is 406 g/mol. The van der Waals surface area contributed by atoms with E-state index in [1.165, 1.54) is 11.8 Å². The van der Waals surface area contributed by atoms with Crippen molar-refractivity contribution >= 4 is 39.4 Å². The second-order valence-electron chi connectivity index (χ2n) is 5.16. The smallest absolute Gasteiger partial charge is 0.253 e. The number of nitrogens with zero attached hydrogens (tertiary/aromatic N) is 5. The second kappa shape index (κ2) is 8.30. The Bertz CT molecular complexity index is 822. The molecule has 2 aromatic heterocycles. The number of carbonyl (C=O) groups excluding carboxylic acids is 1. The summed E-state index contributed by atoms with van der Waals surface area (Å²) >= 11 is 4.67. The molecule has 1 amide bonds. The highest BCUT2D eigenvalue weighted by Crippen LogP contribution is 2.16. The van der Waals surface area contributed by atoms with Gasteiger partial charge in [0.25, 0.3) is 5.78 Å². The van der Waals surface area contributed by atoms with Gasteiger partial charge < -0.3 is 9.64 Å². The van der Waals surface area contributed by atoms with Crippen molar-refractivity contribution in [2.24, 2.45) is 0 Å². The van der Waals surface area contributed by atoms with E-state index in [2.05, 4.69) is 31.0 Å². The number of ether oxygens (including phenoxy) is 1. The van der Waals surface area contributed by atoms with Crippen molar-refractivity contribution in [3.63, 3.8) is 0 Å². The topological polar surface area (TPSA) is 72.6 Å². The summed E-state index contributed by atoms with van der Waals surface area (Å²) in [7, 11) is 1.76. The molecule has 0 aliphatic rings. The van der Waals surface area contributed by atoms with Crippen LogP contribution in [0.25, 0.3) is 5.78 Å². The van der Waals surface area contributed by atoms with E-state index in [1.807, 2.05) is 24.3 Å². The number of hydrogen-bond donors (Lipinski definition) is 0. The summed E-state index contributed by atoms with van der Waals surface area (Å²) < 4.78 is 8.21. The molecule has 0 aliphatic heterocycles. The molecule has 0 aliphatic carbocycles. The van der Waals surface area contributed by atoms with Crippen molar-refractivity contribution in [1.82, 2.24) is 24.5 Å². The van der Waals surface area contributed by atoms with Crippen LogP contribution in [0.4, 0.5) is 0 Å². The van der Waals surface area contributed by atoms with Crippen LogP contribution in [0.15, 0.2) is 52.4 Å². The number of rotatable bonds is 7. The van der Waals surface area contributed by atoms with Crippen molar-refractivity contribution < 1.29 is 9.53 Å². The first-order valence-electron chi connectivity index (χ1n) is 7.54. The molecule has 1 aromatic carbocycles. The van der Waals surface area contributed by atoms with Gasteiger partial charge in [0.1, 0.15) is 12.4 Å². The summed E-state index contributed by atoms with van der Waals surface area (Å²) in [5.41, 5.74) is 0. The van der Waals surface area contributed by atoms with Gasteiger partial charge in [-0.15, -0.1) is 5.10 Å². The SMILES string of the molecule is CN(CCOc1ccc(Br)cc1)C(=O)CSc1nc2ncccn2n1. The summed E-state index contributed by atoms with van der Waals surface area (Å²) in [6.07, 6.45) is 3.43. The molecule has 0 fully saturated rings. The minimum Gasteiger partial charge on any atom is -0.492 e. The second-order valence-corrected chi connectivity index (χ2v) is 7.02. The molecule has 25 heavy (non-hydrogen) atoms. The van der Waals surface area contributed by atoms with Crippen molar-refractivity contribution in [3.05, 3.63) is 47.2 Å². The lowest BCUT2D eigenvalue weighted by molar-refractivity contribution is -0.127. The van der Waals surface area contributed by atoms with Gasteiger partial charge in [0.05, 0.1) is 12.3 Å². The molecule has 0 N–H and O–H groups in total. The lowest BCUT2D eigenvalue weighted by Crippen LogP contribution is -2.32. The number of thioether (sulfide) groups is 1. The molecule has 0 saturated heterocycles. The van der Waals surface area contributed by atoms with Gasteiger partial charge in [0.15, 0.2) is 0 Å². The normalized spacial score (nSPS) is 10.8. The molecule has 9 heteroatoms. The fourth-order valence-corrected chi connectivity index (χ4v) is 3.00. The predicted molar refractivity (Wildman–Crippen MR) is 98.8 cm³/mol. The summed E-state index contributed by atoms with van der Waals surface area (Å²) in [6, 6.07) is 9.37. The zero-order valence-electron chi connectivity index (χ0n) is 13.5. The quantitative estimate of drug-likeness (QED) is 0.545. The molecule has 0 radical (unpaired) electrons. The van der Waals surface area contributed by atoms with E-state index < -0.39 is 0 Å². The van der Waals surface area contributed by atoms with Crippen molar-refractivity contribution in [2.45, 2.75) is 5.16 Å². The number of aromatic nitrogens is 4. The molecule has 0 unspecified atom stereocenters. The fourth-order valence-electron chi connectivity index (χ4n) is 1.97. The predicted octanol–water partition coefficient (Wildman–Crippen LogP) is 2.52. The van der Waals surface area contributed by atoms with Gasteiger partial charge in [-0.3, -0.25) is 4.79 Å². The van der Waals surface area contributed by atoms with E-state index in [0.29, 0.717) is 24.1 Å². The van der Waals surface area contributed by atoms with Crippen LogP contribution in [0, 0.1) is 0 Å². The Hall–Kier alpha value is -2.13. The van der Waals surface area contributed by atoms with Crippen molar-refractivity contribution in [1.29, 1.82) is 0 Å². The molecule has 0 atom stereocenters. The Balaban J connectivity index is 1.43. The average molecular weight is 422 g/mol. The number of likely N-dealkylation sites (N-methyl/N-ethyl adjacent to an activating group) is 1. The maximum Gasteiger partial charge on any atom is 0.253 e. The minimum absolute atomic E-state index is 0.00350. The zero-order valence-corrected chi connectivity index (χ0v) is 15.9. The highest BCUT2D eigenvalue weighted by atomic mass is 79.9. The lowest BCUT2D eigenvalue weighted by Gasteiger charge is -2.17. The Morgan fingerprint density at radius 2 is 2.16 bits per heavy atom. The van der Waals surface area contributed by atoms with Crippen LogP contribution in [-0.2, 0) is 4.79 Å². The van der Waals surface area contributed by atoms with E-state index in [0.717, 1.165) is 10.2 Å². The van der Waals surface area contributed by atoms with E-state index in [4.69, 9.17) is 4.74 Å². The van der Waals surface area contributed by atoms with Crippen molar-refractivity contribution in [3.8, 4) is 5.75 Å². The van der Waals surface area contributed by atoms with Gasteiger partial charge >= 0.3 is 0 Å². The number of hydrogen-bond acceptors (Lipinski definition) is 6. The van der Waals surface area contributed by atoms with Crippen LogP contribution in [0.3, 0.4) is 0 Å². The van der Waals surface area contributed by atoms with Gasteiger partial charge in [-0.25, -0.2) is 9.50 Å². The number of benzene rings is 1. The highest BCUT2D eigenvalue weighted by Gasteiger charge is 2.12. The maximum atomic E-state index is 12.2. The summed E-state index contributed by atoms with van der Waals surface area (Å²) in [4.78, 5) is 22.2. The van der Waals surface area contributed by atoms with Crippen LogP contribution < -0.4 is 4.74 Å². The Kier molecular flexibility index (Phi) is 5.87. The zero-order chi connectivity index (χ0) is 17.6. The first-order chi connectivity index (χ1) is 12.1. The summed E-state index contributed by atoms with van der Waals surface area (Å²) in [5.74, 6) is 1.57. The van der Waals surface area contributed by atoms with Crippen molar-refractivity contribution in [2.75, 3.05) is 26.0 Å². The van der Waals surface area contributed by atoms with E-state index in [1.54, 1.807) is 34.9 Å².